The highest BCUT2D eigenvalue weighted by Crippen LogP contribution is 2.39. The minimum absolute atomic E-state index is 0.137. The van der Waals surface area contributed by atoms with Crippen LogP contribution in [0, 0.1) is 0 Å². The molecule has 5 nitrogen and oxygen atoms in total. The third kappa shape index (κ3) is 2.41. The number of carbonyl (C=O) groups is 1. The Bertz CT molecular complexity index is 480. The molecule has 1 aromatic carbocycles. The van der Waals surface area contributed by atoms with Gasteiger partial charge in [0, 0.05) is 11.6 Å². The quantitative estimate of drug-likeness (QED) is 0.827. The van der Waals surface area contributed by atoms with Crippen LogP contribution in [-0.4, -0.2) is 30.8 Å². The molecule has 0 atom stereocenters. The molecule has 0 radical (unpaired) electrons. The van der Waals surface area contributed by atoms with E-state index in [0.717, 1.165) is 18.4 Å². The van der Waals surface area contributed by atoms with Gasteiger partial charge in [-0.2, -0.15) is 0 Å². The summed E-state index contributed by atoms with van der Waals surface area (Å²) in [5, 5.41) is 9.15. The molecule has 0 amide bonds. The molecule has 0 heterocycles. The SMILES string of the molecule is COc1cc(OC)c(C(=O)O)cc1CC1(N)CC1. The number of nitrogens with two attached hydrogens (primary N) is 1. The highest BCUT2D eigenvalue weighted by molar-refractivity contribution is 5.91. The van der Waals surface area contributed by atoms with E-state index in [1.165, 1.54) is 7.11 Å². The molecule has 0 spiro atoms. The van der Waals surface area contributed by atoms with E-state index in [-0.39, 0.29) is 11.1 Å². The van der Waals surface area contributed by atoms with Gasteiger partial charge in [0.15, 0.2) is 0 Å². The second-order valence-corrected chi connectivity index (χ2v) is 4.71. The molecule has 2 rings (SSSR count). The van der Waals surface area contributed by atoms with E-state index in [1.54, 1.807) is 19.2 Å². The normalized spacial score (nSPS) is 16.2. The van der Waals surface area contributed by atoms with Gasteiger partial charge in [-0.15, -0.1) is 0 Å². The second-order valence-electron chi connectivity index (χ2n) is 4.71. The fraction of sp³-hybridized carbons (Fsp3) is 0.462. The average Bonchev–Trinajstić information content (AvgIpc) is 3.06. The van der Waals surface area contributed by atoms with Crippen molar-refractivity contribution in [3.8, 4) is 11.5 Å². The molecule has 3 N–H and O–H groups in total. The predicted molar refractivity (Wildman–Crippen MR) is 66.4 cm³/mol. The minimum atomic E-state index is -1.02. The van der Waals surface area contributed by atoms with Crippen LogP contribution in [0.25, 0.3) is 0 Å². The fourth-order valence-corrected chi connectivity index (χ4v) is 1.99. The lowest BCUT2D eigenvalue weighted by Gasteiger charge is -2.15. The van der Waals surface area contributed by atoms with Gasteiger partial charge in [-0.05, 0) is 30.9 Å². The van der Waals surface area contributed by atoms with Gasteiger partial charge in [0.25, 0.3) is 0 Å². The smallest absolute Gasteiger partial charge is 0.339 e. The standard InChI is InChI=1S/C13H17NO4/c1-17-10-6-11(18-2)9(12(15)16)5-8(10)7-13(14)3-4-13/h5-6H,3-4,7,14H2,1-2H3,(H,15,16). The predicted octanol–water partition coefficient (Wildman–Crippen LogP) is 1.44. The van der Waals surface area contributed by atoms with Gasteiger partial charge < -0.3 is 20.3 Å². The Balaban J connectivity index is 2.43. The molecule has 0 aliphatic heterocycles. The lowest BCUT2D eigenvalue weighted by molar-refractivity contribution is 0.0693. The van der Waals surface area contributed by atoms with Crippen LogP contribution in [0.1, 0.15) is 28.8 Å². The number of hydrogen-bond acceptors (Lipinski definition) is 4. The first kappa shape index (κ1) is 12.7. The highest BCUT2D eigenvalue weighted by atomic mass is 16.5. The van der Waals surface area contributed by atoms with Crippen molar-refractivity contribution in [3.05, 3.63) is 23.3 Å². The maximum absolute atomic E-state index is 11.2. The van der Waals surface area contributed by atoms with E-state index in [2.05, 4.69) is 0 Å². The van der Waals surface area contributed by atoms with Crippen LogP contribution in [0.4, 0.5) is 0 Å². The zero-order valence-electron chi connectivity index (χ0n) is 10.5. The third-order valence-electron chi connectivity index (χ3n) is 3.27. The molecule has 0 unspecified atom stereocenters. The second kappa shape index (κ2) is 4.49. The molecule has 0 bridgehead atoms. The maximum atomic E-state index is 11.2. The van der Waals surface area contributed by atoms with Gasteiger partial charge in [0.05, 0.1) is 14.2 Å². The first-order chi connectivity index (χ1) is 8.49. The van der Waals surface area contributed by atoms with Gasteiger partial charge in [0.1, 0.15) is 17.1 Å². The van der Waals surface area contributed by atoms with E-state index in [4.69, 9.17) is 20.3 Å². The van der Waals surface area contributed by atoms with Crippen molar-refractivity contribution in [2.24, 2.45) is 5.73 Å². The summed E-state index contributed by atoms with van der Waals surface area (Å²) in [6.45, 7) is 0. The molecule has 1 saturated carbocycles. The molecule has 0 saturated heterocycles. The van der Waals surface area contributed by atoms with Crippen LogP contribution in [0.5, 0.6) is 11.5 Å². The Morgan fingerprint density at radius 2 is 1.94 bits per heavy atom. The molecule has 1 aliphatic carbocycles. The number of benzene rings is 1. The molecular weight excluding hydrogens is 234 g/mol. The average molecular weight is 251 g/mol. The number of aromatic carboxylic acids is 1. The zero-order chi connectivity index (χ0) is 13.3. The first-order valence-corrected chi connectivity index (χ1v) is 5.76. The molecule has 98 valence electrons. The summed E-state index contributed by atoms with van der Waals surface area (Å²) in [6.07, 6.45) is 2.55. The van der Waals surface area contributed by atoms with Gasteiger partial charge in [-0.1, -0.05) is 0 Å². The van der Waals surface area contributed by atoms with Crippen LogP contribution < -0.4 is 15.2 Å². The van der Waals surface area contributed by atoms with Crippen molar-refractivity contribution < 1.29 is 19.4 Å². The lowest BCUT2D eigenvalue weighted by Crippen LogP contribution is -2.25. The fourth-order valence-electron chi connectivity index (χ4n) is 1.99. The van der Waals surface area contributed by atoms with Crippen LogP contribution >= 0.6 is 0 Å². The molecule has 1 aromatic rings. The summed E-state index contributed by atoms with van der Waals surface area (Å²) in [5.41, 5.74) is 6.82. The monoisotopic (exact) mass is 251 g/mol. The van der Waals surface area contributed by atoms with Crippen molar-refractivity contribution in [1.29, 1.82) is 0 Å². The van der Waals surface area contributed by atoms with Gasteiger partial charge in [-0.25, -0.2) is 4.79 Å². The van der Waals surface area contributed by atoms with Gasteiger partial charge >= 0.3 is 5.97 Å². The van der Waals surface area contributed by atoms with Crippen LogP contribution in [0.15, 0.2) is 12.1 Å². The largest absolute Gasteiger partial charge is 0.496 e. The Kier molecular flexibility index (Phi) is 3.17. The Morgan fingerprint density at radius 1 is 1.33 bits per heavy atom. The van der Waals surface area contributed by atoms with Gasteiger partial charge in [0.2, 0.25) is 0 Å². The third-order valence-corrected chi connectivity index (χ3v) is 3.27. The number of carboxylic acids is 1. The highest BCUT2D eigenvalue weighted by Gasteiger charge is 2.39. The summed E-state index contributed by atoms with van der Waals surface area (Å²) in [6, 6.07) is 3.19. The minimum Gasteiger partial charge on any atom is -0.496 e. The van der Waals surface area contributed by atoms with Crippen molar-refractivity contribution in [2.45, 2.75) is 24.8 Å². The summed E-state index contributed by atoms with van der Waals surface area (Å²) >= 11 is 0. The number of hydrogen-bond donors (Lipinski definition) is 2. The molecule has 1 aliphatic rings. The lowest BCUT2D eigenvalue weighted by atomic mass is 10.0. The number of rotatable bonds is 5. The van der Waals surface area contributed by atoms with Crippen molar-refractivity contribution in [3.63, 3.8) is 0 Å². The van der Waals surface area contributed by atoms with E-state index in [0.29, 0.717) is 17.9 Å². The first-order valence-electron chi connectivity index (χ1n) is 5.76. The van der Waals surface area contributed by atoms with Crippen molar-refractivity contribution in [1.82, 2.24) is 0 Å². The molecular formula is C13H17NO4. The van der Waals surface area contributed by atoms with Crippen LogP contribution in [0.3, 0.4) is 0 Å². The Morgan fingerprint density at radius 3 is 2.39 bits per heavy atom. The van der Waals surface area contributed by atoms with E-state index >= 15 is 0 Å². The summed E-state index contributed by atoms with van der Waals surface area (Å²) in [4.78, 5) is 11.2. The summed E-state index contributed by atoms with van der Waals surface area (Å²) < 4.78 is 10.3. The Labute approximate surface area is 106 Å². The topological polar surface area (TPSA) is 81.8 Å². The van der Waals surface area contributed by atoms with E-state index in [9.17, 15) is 4.79 Å². The molecule has 0 aromatic heterocycles. The zero-order valence-corrected chi connectivity index (χ0v) is 10.5. The molecule has 1 fully saturated rings. The molecule has 18 heavy (non-hydrogen) atoms. The van der Waals surface area contributed by atoms with Gasteiger partial charge in [-0.3, -0.25) is 0 Å². The maximum Gasteiger partial charge on any atom is 0.339 e. The summed E-state index contributed by atoms with van der Waals surface area (Å²) in [7, 11) is 2.99. The number of carboxylic acid groups (broad SMARTS) is 1. The Hall–Kier alpha value is -1.75. The van der Waals surface area contributed by atoms with Crippen LogP contribution in [-0.2, 0) is 6.42 Å². The summed E-state index contributed by atoms with van der Waals surface area (Å²) in [5.74, 6) is -0.101. The van der Waals surface area contributed by atoms with E-state index in [1.807, 2.05) is 0 Å². The number of methoxy groups -OCH3 is 2. The van der Waals surface area contributed by atoms with Crippen molar-refractivity contribution >= 4 is 5.97 Å². The van der Waals surface area contributed by atoms with Crippen molar-refractivity contribution in [2.75, 3.05) is 14.2 Å². The number of ether oxygens (including phenoxy) is 2. The molecule has 5 heteroatoms. The van der Waals surface area contributed by atoms with Crippen LogP contribution in [0.2, 0.25) is 0 Å². The van der Waals surface area contributed by atoms with E-state index < -0.39 is 5.97 Å².